The number of hydrazine groups is 1. The number of amides is 3. The summed E-state index contributed by atoms with van der Waals surface area (Å²) < 4.78 is 7.23. The number of rotatable bonds is 5. The molecule has 1 aliphatic rings. The van der Waals surface area contributed by atoms with E-state index in [1.165, 1.54) is 4.90 Å². The van der Waals surface area contributed by atoms with Crippen molar-refractivity contribution in [3.05, 3.63) is 54.4 Å². The summed E-state index contributed by atoms with van der Waals surface area (Å²) in [6, 6.07) is 14.8. The molecule has 0 saturated heterocycles. The largest absolute Gasteiger partial charge is 0.482 e. The number of carbonyl (C=O) groups excluding carboxylic acids is 3. The first kappa shape index (κ1) is 19.4. The Hall–Kier alpha value is -3.88. The number of hydrogen-bond donors (Lipinski definition) is 2. The van der Waals surface area contributed by atoms with Gasteiger partial charge in [-0.3, -0.25) is 25.2 Å². The number of aromatic nitrogens is 2. The van der Waals surface area contributed by atoms with Crippen molar-refractivity contribution in [2.24, 2.45) is 7.05 Å². The van der Waals surface area contributed by atoms with Gasteiger partial charge >= 0.3 is 0 Å². The summed E-state index contributed by atoms with van der Waals surface area (Å²) >= 11 is 0. The third-order valence-corrected chi connectivity index (χ3v) is 4.91. The monoisotopic (exact) mass is 407 g/mol. The van der Waals surface area contributed by atoms with Gasteiger partial charge < -0.3 is 14.2 Å². The Balaban J connectivity index is 1.29. The van der Waals surface area contributed by atoms with E-state index in [1.807, 2.05) is 41.9 Å². The molecule has 30 heavy (non-hydrogen) atoms. The lowest BCUT2D eigenvalue weighted by atomic mass is 10.2. The molecule has 0 aliphatic carbocycles. The molecule has 3 aromatic rings. The molecule has 3 amide bonds. The van der Waals surface area contributed by atoms with E-state index in [1.54, 1.807) is 18.2 Å². The third kappa shape index (κ3) is 3.95. The molecule has 4 rings (SSSR count). The normalized spacial score (nSPS) is 13.0. The van der Waals surface area contributed by atoms with Gasteiger partial charge in [-0.15, -0.1) is 0 Å². The molecule has 0 radical (unpaired) electrons. The summed E-state index contributed by atoms with van der Waals surface area (Å²) in [5.74, 6) is 0.207. The van der Waals surface area contributed by atoms with Gasteiger partial charge in [-0.2, -0.15) is 0 Å². The predicted molar refractivity (Wildman–Crippen MR) is 110 cm³/mol. The van der Waals surface area contributed by atoms with Crippen molar-refractivity contribution in [2.75, 3.05) is 18.1 Å². The van der Waals surface area contributed by atoms with E-state index in [0.29, 0.717) is 17.3 Å². The predicted octanol–water partition coefficient (Wildman–Crippen LogP) is 1.08. The topological polar surface area (TPSA) is 106 Å². The van der Waals surface area contributed by atoms with Gasteiger partial charge in [-0.25, -0.2) is 4.98 Å². The van der Waals surface area contributed by atoms with Crippen LogP contribution in [0, 0.1) is 0 Å². The molecule has 9 nitrogen and oxygen atoms in total. The van der Waals surface area contributed by atoms with Crippen LogP contribution in [0.5, 0.6) is 5.75 Å². The van der Waals surface area contributed by atoms with E-state index in [2.05, 4.69) is 15.8 Å². The zero-order valence-corrected chi connectivity index (χ0v) is 16.4. The van der Waals surface area contributed by atoms with Crippen LogP contribution in [-0.4, -0.2) is 40.4 Å². The Morgan fingerprint density at radius 3 is 2.63 bits per heavy atom. The fourth-order valence-electron chi connectivity index (χ4n) is 3.36. The van der Waals surface area contributed by atoms with E-state index in [0.717, 1.165) is 11.0 Å². The Morgan fingerprint density at radius 2 is 1.80 bits per heavy atom. The van der Waals surface area contributed by atoms with E-state index in [4.69, 9.17) is 4.74 Å². The molecule has 0 saturated carbocycles. The number of ether oxygens (including phenoxy) is 1. The summed E-state index contributed by atoms with van der Waals surface area (Å²) in [5.41, 5.74) is 7.16. The lowest BCUT2D eigenvalue weighted by Gasteiger charge is -2.29. The van der Waals surface area contributed by atoms with Crippen LogP contribution < -0.4 is 20.5 Å². The van der Waals surface area contributed by atoms with Crippen LogP contribution in [0.3, 0.4) is 0 Å². The van der Waals surface area contributed by atoms with Crippen LogP contribution in [0.2, 0.25) is 0 Å². The zero-order chi connectivity index (χ0) is 21.1. The maximum Gasteiger partial charge on any atom is 0.265 e. The van der Waals surface area contributed by atoms with Crippen molar-refractivity contribution in [1.82, 2.24) is 20.4 Å². The third-order valence-electron chi connectivity index (χ3n) is 4.91. The Morgan fingerprint density at radius 1 is 1.07 bits per heavy atom. The summed E-state index contributed by atoms with van der Waals surface area (Å²) in [6.45, 7) is 0.124. The summed E-state index contributed by atoms with van der Waals surface area (Å²) in [5, 5.41) is 0. The van der Waals surface area contributed by atoms with Gasteiger partial charge in [0.05, 0.1) is 23.1 Å². The highest BCUT2D eigenvalue weighted by Crippen LogP contribution is 2.31. The smallest absolute Gasteiger partial charge is 0.265 e. The first-order valence-electron chi connectivity index (χ1n) is 9.53. The average Bonchev–Trinajstić information content (AvgIpc) is 3.07. The fourth-order valence-corrected chi connectivity index (χ4v) is 3.36. The maximum atomic E-state index is 12.2. The number of aryl methyl sites for hydroxylation is 1. The fraction of sp³-hybridized carbons (Fsp3) is 0.238. The second-order valence-electron chi connectivity index (χ2n) is 6.90. The number of nitrogens with zero attached hydrogens (tertiary/aromatic N) is 3. The Kier molecular flexibility index (Phi) is 5.34. The minimum atomic E-state index is -0.398. The highest BCUT2D eigenvalue weighted by Gasteiger charge is 2.25. The quantitative estimate of drug-likeness (QED) is 0.616. The summed E-state index contributed by atoms with van der Waals surface area (Å²) in [4.78, 5) is 42.4. The summed E-state index contributed by atoms with van der Waals surface area (Å²) in [6.07, 6.45) is 0.0629. The number of fused-ring (bicyclic) bond motifs is 2. The lowest BCUT2D eigenvalue weighted by molar-refractivity contribution is -0.128. The van der Waals surface area contributed by atoms with Gasteiger partial charge in [0.2, 0.25) is 11.8 Å². The van der Waals surface area contributed by atoms with Crippen molar-refractivity contribution in [3.63, 3.8) is 0 Å². The molecule has 1 aliphatic heterocycles. The van der Waals surface area contributed by atoms with Crippen LogP contribution >= 0.6 is 0 Å². The number of imidazole rings is 1. The van der Waals surface area contributed by atoms with Crippen LogP contribution in [0.1, 0.15) is 12.2 Å². The van der Waals surface area contributed by atoms with Crippen molar-refractivity contribution in [3.8, 4) is 5.75 Å². The van der Waals surface area contributed by atoms with Gasteiger partial charge in [0.15, 0.2) is 6.61 Å². The molecule has 2 aromatic carbocycles. The Bertz CT molecular complexity index is 1120. The number of carbonyl (C=O) groups is 3. The molecular formula is C21H21N5O4. The minimum absolute atomic E-state index is 0.0286. The first-order valence-corrected chi connectivity index (χ1v) is 9.53. The number of hydrogen-bond acceptors (Lipinski definition) is 5. The first-order chi connectivity index (χ1) is 14.5. The molecule has 2 heterocycles. The standard InChI is InChI=1S/C21H21N5O4/c1-25-15-7-3-2-6-14(15)22-18(25)12-20(28)24-23-19(27)10-11-26-16-8-4-5-9-17(16)30-13-21(26)29/h2-9H,10-13H2,1H3,(H,23,27)(H,24,28). The average molecular weight is 407 g/mol. The summed E-state index contributed by atoms with van der Waals surface area (Å²) in [7, 11) is 1.84. The molecule has 2 N–H and O–H groups in total. The zero-order valence-electron chi connectivity index (χ0n) is 16.4. The minimum Gasteiger partial charge on any atom is -0.482 e. The number of nitrogens with one attached hydrogen (secondary N) is 2. The van der Waals surface area contributed by atoms with Crippen LogP contribution in [-0.2, 0) is 27.9 Å². The van der Waals surface area contributed by atoms with E-state index >= 15 is 0 Å². The van der Waals surface area contributed by atoms with Crippen LogP contribution in [0.15, 0.2) is 48.5 Å². The molecule has 1 aromatic heterocycles. The van der Waals surface area contributed by atoms with Gasteiger partial charge in [0, 0.05) is 20.0 Å². The van der Waals surface area contributed by atoms with Gasteiger partial charge in [0.25, 0.3) is 5.91 Å². The SMILES string of the molecule is Cn1c(CC(=O)NNC(=O)CCN2C(=O)COc3ccccc32)nc2ccccc21. The van der Waals surface area contributed by atoms with Crippen LogP contribution in [0.4, 0.5) is 5.69 Å². The van der Waals surface area contributed by atoms with Gasteiger partial charge in [-0.1, -0.05) is 24.3 Å². The number of benzene rings is 2. The molecular weight excluding hydrogens is 386 g/mol. The van der Waals surface area contributed by atoms with Gasteiger partial charge in [0.1, 0.15) is 11.6 Å². The molecule has 0 spiro atoms. The molecule has 0 bridgehead atoms. The molecule has 0 fully saturated rings. The molecule has 9 heteroatoms. The van der Waals surface area contributed by atoms with Crippen molar-refractivity contribution in [2.45, 2.75) is 12.8 Å². The maximum absolute atomic E-state index is 12.2. The van der Waals surface area contributed by atoms with Crippen molar-refractivity contribution >= 4 is 34.4 Å². The van der Waals surface area contributed by atoms with E-state index < -0.39 is 5.91 Å². The van der Waals surface area contributed by atoms with Crippen LogP contribution in [0.25, 0.3) is 11.0 Å². The Labute approximate surface area is 172 Å². The molecule has 154 valence electrons. The van der Waals surface area contributed by atoms with Crippen molar-refractivity contribution < 1.29 is 19.1 Å². The van der Waals surface area contributed by atoms with Gasteiger partial charge in [-0.05, 0) is 24.3 Å². The molecule has 0 atom stereocenters. The van der Waals surface area contributed by atoms with Crippen molar-refractivity contribution in [1.29, 1.82) is 0 Å². The second-order valence-corrected chi connectivity index (χ2v) is 6.90. The van der Waals surface area contributed by atoms with E-state index in [-0.39, 0.29) is 37.8 Å². The number of para-hydroxylation sites is 4. The highest BCUT2D eigenvalue weighted by atomic mass is 16.5. The second kappa shape index (κ2) is 8.24. The number of anilines is 1. The van der Waals surface area contributed by atoms with E-state index in [9.17, 15) is 14.4 Å². The molecule has 0 unspecified atom stereocenters. The highest BCUT2D eigenvalue weighted by molar-refractivity contribution is 5.98. The lowest BCUT2D eigenvalue weighted by Crippen LogP contribution is -2.45.